The molecule has 3 rings (SSSR count). The maximum Gasteiger partial charge on any atom is 0.276 e. The van der Waals surface area contributed by atoms with Crippen LogP contribution in [0.1, 0.15) is 16.2 Å². The molecule has 2 heterocycles. The molecule has 22 heavy (non-hydrogen) atoms. The SMILES string of the molecule is Cc1cc(C(=O)N2CC(C(=O)Nc3ccccc3Cl)C2)no1. The molecule has 1 saturated heterocycles. The second-order valence-corrected chi connectivity index (χ2v) is 5.61. The maximum absolute atomic E-state index is 12.1. The topological polar surface area (TPSA) is 75.4 Å². The monoisotopic (exact) mass is 319 g/mol. The molecule has 0 spiro atoms. The Hall–Kier alpha value is -2.34. The van der Waals surface area contributed by atoms with Gasteiger partial charge in [0.15, 0.2) is 5.69 Å². The fourth-order valence-corrected chi connectivity index (χ4v) is 2.42. The predicted octanol–water partition coefficient (Wildman–Crippen LogP) is 2.35. The number of carbonyl (C=O) groups is 2. The summed E-state index contributed by atoms with van der Waals surface area (Å²) in [6, 6.07) is 8.62. The molecule has 1 aliphatic heterocycles. The molecule has 1 aromatic carbocycles. The third-order valence-electron chi connectivity index (χ3n) is 3.52. The second-order valence-electron chi connectivity index (χ2n) is 5.20. The number of likely N-dealkylation sites (tertiary alicyclic amines) is 1. The van der Waals surface area contributed by atoms with Crippen LogP contribution in [0.2, 0.25) is 5.02 Å². The van der Waals surface area contributed by atoms with E-state index in [0.717, 1.165) is 0 Å². The van der Waals surface area contributed by atoms with E-state index in [1.54, 1.807) is 42.2 Å². The number of rotatable bonds is 3. The van der Waals surface area contributed by atoms with E-state index in [2.05, 4.69) is 10.5 Å². The standard InChI is InChI=1S/C15H14ClN3O3/c1-9-6-13(18-22-9)15(21)19-7-10(8-19)14(20)17-12-5-3-2-4-11(12)16/h2-6,10H,7-8H2,1H3,(H,17,20). The van der Waals surface area contributed by atoms with Crippen LogP contribution in [0.4, 0.5) is 5.69 Å². The highest BCUT2D eigenvalue weighted by Gasteiger charge is 2.37. The number of aryl methyl sites for hydroxylation is 1. The van der Waals surface area contributed by atoms with Crippen molar-refractivity contribution in [2.24, 2.45) is 5.92 Å². The summed E-state index contributed by atoms with van der Waals surface area (Å²) in [7, 11) is 0. The van der Waals surface area contributed by atoms with Crippen molar-refractivity contribution in [1.82, 2.24) is 10.1 Å². The number of carbonyl (C=O) groups excluding carboxylic acids is 2. The molecule has 0 unspecified atom stereocenters. The summed E-state index contributed by atoms with van der Waals surface area (Å²) in [4.78, 5) is 25.7. The molecule has 0 bridgehead atoms. The Bertz CT molecular complexity index is 722. The molecule has 1 fully saturated rings. The summed E-state index contributed by atoms with van der Waals surface area (Å²) in [6.07, 6.45) is 0. The lowest BCUT2D eigenvalue weighted by molar-refractivity contribution is -0.123. The van der Waals surface area contributed by atoms with Crippen LogP contribution < -0.4 is 5.32 Å². The van der Waals surface area contributed by atoms with Crippen molar-refractivity contribution >= 4 is 29.1 Å². The lowest BCUT2D eigenvalue weighted by Crippen LogP contribution is -2.54. The molecule has 1 N–H and O–H groups in total. The second kappa shape index (κ2) is 5.81. The first-order valence-corrected chi connectivity index (χ1v) is 7.20. The smallest absolute Gasteiger partial charge is 0.276 e. The van der Waals surface area contributed by atoms with Gasteiger partial charge in [0, 0.05) is 19.2 Å². The summed E-state index contributed by atoms with van der Waals surface area (Å²) in [5.74, 6) is -0.0303. The zero-order valence-electron chi connectivity index (χ0n) is 11.9. The van der Waals surface area contributed by atoms with Crippen LogP contribution in [0.5, 0.6) is 0 Å². The molecule has 2 amide bonds. The van der Waals surface area contributed by atoms with Gasteiger partial charge in [-0.15, -0.1) is 0 Å². The number of halogens is 1. The first-order valence-electron chi connectivity index (χ1n) is 6.82. The zero-order valence-corrected chi connectivity index (χ0v) is 12.6. The fraction of sp³-hybridized carbons (Fsp3) is 0.267. The Kier molecular flexibility index (Phi) is 3.85. The van der Waals surface area contributed by atoms with Crippen LogP contribution >= 0.6 is 11.6 Å². The summed E-state index contributed by atoms with van der Waals surface area (Å²) in [6.45, 7) is 2.45. The van der Waals surface area contributed by atoms with Gasteiger partial charge in [-0.05, 0) is 19.1 Å². The van der Waals surface area contributed by atoms with Crippen molar-refractivity contribution < 1.29 is 14.1 Å². The van der Waals surface area contributed by atoms with Crippen molar-refractivity contribution in [2.75, 3.05) is 18.4 Å². The van der Waals surface area contributed by atoms with Crippen molar-refractivity contribution in [2.45, 2.75) is 6.92 Å². The average molecular weight is 320 g/mol. The third-order valence-corrected chi connectivity index (χ3v) is 3.85. The molecular formula is C15H14ClN3O3. The minimum Gasteiger partial charge on any atom is -0.361 e. The average Bonchev–Trinajstić information content (AvgIpc) is 2.86. The first kappa shape index (κ1) is 14.6. The highest BCUT2D eigenvalue weighted by molar-refractivity contribution is 6.33. The lowest BCUT2D eigenvalue weighted by Gasteiger charge is -2.37. The van der Waals surface area contributed by atoms with Gasteiger partial charge in [0.05, 0.1) is 16.6 Å². The molecule has 0 radical (unpaired) electrons. The minimum absolute atomic E-state index is 0.145. The van der Waals surface area contributed by atoms with Gasteiger partial charge in [0.2, 0.25) is 5.91 Å². The van der Waals surface area contributed by atoms with Crippen LogP contribution in [0.3, 0.4) is 0 Å². The number of nitrogens with zero attached hydrogens (tertiary/aromatic N) is 2. The summed E-state index contributed by atoms with van der Waals surface area (Å²) < 4.78 is 4.88. The van der Waals surface area contributed by atoms with Crippen LogP contribution in [0.15, 0.2) is 34.9 Å². The lowest BCUT2D eigenvalue weighted by atomic mass is 9.98. The van der Waals surface area contributed by atoms with E-state index in [9.17, 15) is 9.59 Å². The number of benzene rings is 1. The molecule has 114 valence electrons. The van der Waals surface area contributed by atoms with E-state index >= 15 is 0 Å². The van der Waals surface area contributed by atoms with Crippen molar-refractivity contribution in [1.29, 1.82) is 0 Å². The molecule has 2 aromatic rings. The van der Waals surface area contributed by atoms with Gasteiger partial charge in [-0.3, -0.25) is 9.59 Å². The van der Waals surface area contributed by atoms with Gasteiger partial charge in [0.25, 0.3) is 5.91 Å². The largest absolute Gasteiger partial charge is 0.361 e. The Morgan fingerprint density at radius 3 is 2.73 bits per heavy atom. The number of para-hydroxylation sites is 1. The van der Waals surface area contributed by atoms with Gasteiger partial charge >= 0.3 is 0 Å². The number of nitrogens with one attached hydrogen (secondary N) is 1. The third kappa shape index (κ3) is 2.82. The van der Waals surface area contributed by atoms with E-state index in [0.29, 0.717) is 29.6 Å². The van der Waals surface area contributed by atoms with Crippen LogP contribution in [-0.2, 0) is 4.79 Å². The predicted molar refractivity (Wildman–Crippen MR) is 80.7 cm³/mol. The molecule has 7 heteroatoms. The number of hydrogen-bond donors (Lipinski definition) is 1. The van der Waals surface area contributed by atoms with E-state index in [4.69, 9.17) is 16.1 Å². The van der Waals surface area contributed by atoms with Crippen LogP contribution in [-0.4, -0.2) is 35.0 Å². The Morgan fingerprint density at radius 1 is 1.36 bits per heavy atom. The Labute approximate surface area is 132 Å². The van der Waals surface area contributed by atoms with E-state index in [-0.39, 0.29) is 23.4 Å². The number of hydrogen-bond acceptors (Lipinski definition) is 4. The van der Waals surface area contributed by atoms with Gasteiger partial charge in [-0.1, -0.05) is 28.9 Å². The quantitative estimate of drug-likeness (QED) is 0.942. The van der Waals surface area contributed by atoms with Gasteiger partial charge in [-0.2, -0.15) is 0 Å². The van der Waals surface area contributed by atoms with Gasteiger partial charge < -0.3 is 14.7 Å². The molecule has 6 nitrogen and oxygen atoms in total. The number of aromatic nitrogens is 1. The van der Waals surface area contributed by atoms with Gasteiger partial charge in [-0.25, -0.2) is 0 Å². The molecule has 0 saturated carbocycles. The maximum atomic E-state index is 12.1. The highest BCUT2D eigenvalue weighted by Crippen LogP contribution is 2.24. The molecule has 1 aliphatic rings. The summed E-state index contributed by atoms with van der Waals surface area (Å²) in [5, 5.41) is 6.94. The Balaban J connectivity index is 1.56. The van der Waals surface area contributed by atoms with Crippen molar-refractivity contribution in [3.8, 4) is 0 Å². The molecule has 0 atom stereocenters. The fourth-order valence-electron chi connectivity index (χ4n) is 2.24. The summed E-state index contributed by atoms with van der Waals surface area (Å²) >= 11 is 6.00. The Morgan fingerprint density at radius 2 is 2.09 bits per heavy atom. The van der Waals surface area contributed by atoms with Crippen molar-refractivity contribution in [3.05, 3.63) is 46.8 Å². The minimum atomic E-state index is -0.242. The number of amides is 2. The first-order chi connectivity index (χ1) is 10.5. The molecule has 0 aliphatic carbocycles. The molecular weight excluding hydrogens is 306 g/mol. The summed E-state index contributed by atoms with van der Waals surface area (Å²) in [5.41, 5.74) is 0.841. The van der Waals surface area contributed by atoms with E-state index in [1.807, 2.05) is 0 Å². The van der Waals surface area contributed by atoms with E-state index < -0.39 is 0 Å². The molecule has 1 aromatic heterocycles. The highest BCUT2D eigenvalue weighted by atomic mass is 35.5. The van der Waals surface area contributed by atoms with E-state index in [1.165, 1.54) is 0 Å². The normalized spacial score (nSPS) is 14.5. The zero-order chi connectivity index (χ0) is 15.7. The van der Waals surface area contributed by atoms with Crippen LogP contribution in [0, 0.1) is 12.8 Å². The van der Waals surface area contributed by atoms with Gasteiger partial charge in [0.1, 0.15) is 5.76 Å². The number of anilines is 1. The van der Waals surface area contributed by atoms with Crippen LogP contribution in [0.25, 0.3) is 0 Å². The van der Waals surface area contributed by atoms with Crippen molar-refractivity contribution in [3.63, 3.8) is 0 Å².